The molecule has 2 N–H and O–H groups in total. The van der Waals surface area contributed by atoms with Gasteiger partial charge >= 0.3 is 5.97 Å². The SMILES string of the molecule is Cc1ccc(S(=O)(=O)Nc2ccc(C(=O)O[C@@H](C)C(=O)Nc3ccc(C(C)(C)C)cc3)cc2)cc1[N+](=O)[O-]. The number of hydrogen-bond acceptors (Lipinski definition) is 7. The summed E-state index contributed by atoms with van der Waals surface area (Å²) in [5.41, 5.74) is 1.91. The first kappa shape index (κ1) is 28.3. The molecule has 0 aliphatic carbocycles. The van der Waals surface area contributed by atoms with E-state index in [9.17, 15) is 28.1 Å². The smallest absolute Gasteiger partial charge is 0.338 e. The summed E-state index contributed by atoms with van der Waals surface area (Å²) < 4.78 is 32.9. The number of benzene rings is 3. The Morgan fingerprint density at radius 3 is 2.08 bits per heavy atom. The number of nitro benzene ring substituents is 1. The van der Waals surface area contributed by atoms with Gasteiger partial charge in [-0.3, -0.25) is 19.6 Å². The molecule has 0 aromatic heterocycles. The molecule has 0 saturated heterocycles. The van der Waals surface area contributed by atoms with Crippen molar-refractivity contribution in [3.63, 3.8) is 0 Å². The molecule has 3 rings (SSSR count). The summed E-state index contributed by atoms with van der Waals surface area (Å²) in [6, 6.07) is 16.4. The molecule has 0 heterocycles. The summed E-state index contributed by atoms with van der Waals surface area (Å²) in [6.45, 7) is 9.21. The Hall–Kier alpha value is -4.25. The number of esters is 1. The average Bonchev–Trinajstić information content (AvgIpc) is 2.83. The maximum absolute atomic E-state index is 12.7. The van der Waals surface area contributed by atoms with Crippen molar-refractivity contribution >= 4 is 39.0 Å². The summed E-state index contributed by atoms with van der Waals surface area (Å²) in [4.78, 5) is 35.2. The van der Waals surface area contributed by atoms with Gasteiger partial charge in [0.25, 0.3) is 21.6 Å². The van der Waals surface area contributed by atoms with Gasteiger partial charge in [-0.2, -0.15) is 0 Å². The Bertz CT molecular complexity index is 1460. The molecule has 3 aromatic carbocycles. The van der Waals surface area contributed by atoms with E-state index in [1.807, 2.05) is 12.1 Å². The Morgan fingerprint density at radius 2 is 1.53 bits per heavy atom. The number of nitrogens with zero attached hydrogens (tertiary/aromatic N) is 1. The van der Waals surface area contributed by atoms with Crippen LogP contribution in [-0.4, -0.2) is 31.3 Å². The highest BCUT2D eigenvalue weighted by Gasteiger charge is 2.22. The maximum Gasteiger partial charge on any atom is 0.338 e. The van der Waals surface area contributed by atoms with Crippen LogP contribution in [0.3, 0.4) is 0 Å². The van der Waals surface area contributed by atoms with E-state index in [1.165, 1.54) is 50.2 Å². The second-order valence-corrected chi connectivity index (χ2v) is 11.4. The summed E-state index contributed by atoms with van der Waals surface area (Å²) in [6.07, 6.45) is -1.08. The van der Waals surface area contributed by atoms with Crippen LogP contribution in [0.5, 0.6) is 0 Å². The van der Waals surface area contributed by atoms with Gasteiger partial charge in [-0.1, -0.05) is 39.0 Å². The highest BCUT2D eigenvalue weighted by atomic mass is 32.2. The number of sulfonamides is 1. The van der Waals surface area contributed by atoms with Crippen LogP contribution in [0.1, 0.15) is 49.2 Å². The Morgan fingerprint density at radius 1 is 0.947 bits per heavy atom. The van der Waals surface area contributed by atoms with E-state index in [-0.39, 0.29) is 27.2 Å². The number of nitro groups is 1. The number of aryl methyl sites for hydroxylation is 1. The van der Waals surface area contributed by atoms with Crippen LogP contribution in [0.4, 0.5) is 17.1 Å². The number of rotatable bonds is 8. The molecule has 0 radical (unpaired) electrons. The highest BCUT2D eigenvalue weighted by Crippen LogP contribution is 2.25. The minimum absolute atomic E-state index is 0.0258. The third-order valence-corrected chi connectivity index (χ3v) is 7.11. The summed E-state index contributed by atoms with van der Waals surface area (Å²) >= 11 is 0. The zero-order valence-corrected chi connectivity index (χ0v) is 22.5. The summed E-state index contributed by atoms with van der Waals surface area (Å²) in [5, 5.41) is 13.8. The van der Waals surface area contributed by atoms with Gasteiger partial charge in [0, 0.05) is 23.0 Å². The molecule has 38 heavy (non-hydrogen) atoms. The molecule has 0 bridgehead atoms. The van der Waals surface area contributed by atoms with Crippen molar-refractivity contribution in [2.75, 3.05) is 10.0 Å². The van der Waals surface area contributed by atoms with Crippen LogP contribution in [0.15, 0.2) is 71.6 Å². The molecule has 0 spiro atoms. The van der Waals surface area contributed by atoms with Crippen LogP contribution in [-0.2, 0) is 25.0 Å². The number of hydrogen-bond donors (Lipinski definition) is 2. The van der Waals surface area contributed by atoms with Crippen molar-refractivity contribution in [3.05, 3.63) is 93.5 Å². The molecule has 1 atom stereocenters. The van der Waals surface area contributed by atoms with E-state index in [0.29, 0.717) is 11.3 Å². The zero-order chi connectivity index (χ0) is 28.3. The molecule has 3 aromatic rings. The first-order chi connectivity index (χ1) is 17.7. The first-order valence-electron chi connectivity index (χ1n) is 11.7. The maximum atomic E-state index is 12.7. The van der Waals surface area contributed by atoms with E-state index < -0.39 is 32.9 Å². The molecule has 1 amide bonds. The minimum Gasteiger partial charge on any atom is -0.449 e. The Labute approximate surface area is 221 Å². The molecule has 0 aliphatic rings. The monoisotopic (exact) mass is 539 g/mol. The minimum atomic E-state index is -4.11. The van der Waals surface area contributed by atoms with Crippen LogP contribution < -0.4 is 10.0 Å². The second-order valence-electron chi connectivity index (χ2n) is 9.75. The van der Waals surface area contributed by atoms with Crippen molar-refractivity contribution < 1.29 is 27.7 Å². The lowest BCUT2D eigenvalue weighted by Gasteiger charge is -2.19. The Balaban J connectivity index is 1.62. The molecule has 0 aliphatic heterocycles. The number of amides is 1. The molecule has 10 nitrogen and oxygen atoms in total. The van der Waals surface area contributed by atoms with E-state index in [1.54, 1.807) is 12.1 Å². The third-order valence-electron chi connectivity index (χ3n) is 5.73. The second kappa shape index (κ2) is 11.0. The van der Waals surface area contributed by atoms with E-state index in [0.717, 1.165) is 11.6 Å². The predicted octanol–water partition coefficient (Wildman–Crippen LogP) is 5.19. The lowest BCUT2D eigenvalue weighted by Crippen LogP contribution is -2.30. The Kier molecular flexibility index (Phi) is 8.21. The van der Waals surface area contributed by atoms with E-state index in [2.05, 4.69) is 30.8 Å². The molecule has 200 valence electrons. The fourth-order valence-electron chi connectivity index (χ4n) is 3.42. The van der Waals surface area contributed by atoms with Crippen molar-refractivity contribution in [1.29, 1.82) is 0 Å². The number of anilines is 2. The van der Waals surface area contributed by atoms with Gasteiger partial charge in [0.2, 0.25) is 0 Å². The van der Waals surface area contributed by atoms with Gasteiger partial charge in [0.1, 0.15) is 0 Å². The molecule has 0 unspecified atom stereocenters. The molecule has 11 heteroatoms. The summed E-state index contributed by atoms with van der Waals surface area (Å²) in [7, 11) is -4.11. The molecular formula is C27H29N3O7S. The van der Waals surface area contributed by atoms with Gasteiger partial charge < -0.3 is 10.1 Å². The van der Waals surface area contributed by atoms with Crippen LogP contribution >= 0.6 is 0 Å². The molecule has 0 saturated carbocycles. The standard InChI is InChI=1S/C27H29N3O7S/c1-17-6-15-23(16-24(17)30(33)34)38(35,36)29-22-11-7-19(8-12-22)26(32)37-18(2)25(31)28-21-13-9-20(10-14-21)27(3,4)5/h6-16,18,29H,1-5H3,(H,28,31)/t18-/m0/s1. The van der Waals surface area contributed by atoms with Crippen molar-refractivity contribution in [2.45, 2.75) is 51.0 Å². The highest BCUT2D eigenvalue weighted by molar-refractivity contribution is 7.92. The average molecular weight is 540 g/mol. The normalized spacial score (nSPS) is 12.3. The third kappa shape index (κ3) is 6.94. The van der Waals surface area contributed by atoms with Gasteiger partial charge in [0.15, 0.2) is 6.10 Å². The topological polar surface area (TPSA) is 145 Å². The largest absolute Gasteiger partial charge is 0.449 e. The molecule has 0 fully saturated rings. The number of carbonyl (C=O) groups excluding carboxylic acids is 2. The number of ether oxygens (including phenoxy) is 1. The van der Waals surface area contributed by atoms with Crippen molar-refractivity contribution in [3.8, 4) is 0 Å². The first-order valence-corrected chi connectivity index (χ1v) is 13.2. The van der Waals surface area contributed by atoms with E-state index in [4.69, 9.17) is 4.74 Å². The predicted molar refractivity (Wildman–Crippen MR) is 144 cm³/mol. The van der Waals surface area contributed by atoms with E-state index >= 15 is 0 Å². The van der Waals surface area contributed by atoms with Crippen LogP contribution in [0.2, 0.25) is 0 Å². The zero-order valence-electron chi connectivity index (χ0n) is 21.6. The van der Waals surface area contributed by atoms with Gasteiger partial charge in [-0.05, 0) is 67.3 Å². The van der Waals surface area contributed by atoms with Crippen LogP contribution in [0.25, 0.3) is 0 Å². The summed E-state index contributed by atoms with van der Waals surface area (Å²) in [5.74, 6) is -1.27. The lowest BCUT2D eigenvalue weighted by atomic mass is 9.87. The van der Waals surface area contributed by atoms with Crippen molar-refractivity contribution in [2.24, 2.45) is 0 Å². The quantitative estimate of drug-likeness (QED) is 0.228. The van der Waals surface area contributed by atoms with Gasteiger partial charge in [-0.15, -0.1) is 0 Å². The fourth-order valence-corrected chi connectivity index (χ4v) is 4.50. The van der Waals surface area contributed by atoms with Crippen molar-refractivity contribution in [1.82, 2.24) is 0 Å². The fraction of sp³-hybridized carbons (Fsp3) is 0.259. The number of carbonyl (C=O) groups is 2. The lowest BCUT2D eigenvalue weighted by molar-refractivity contribution is -0.385. The molecular weight excluding hydrogens is 510 g/mol. The van der Waals surface area contributed by atoms with Crippen LogP contribution in [0, 0.1) is 17.0 Å². The van der Waals surface area contributed by atoms with Gasteiger partial charge in [0.05, 0.1) is 15.4 Å². The van der Waals surface area contributed by atoms with Gasteiger partial charge in [-0.25, -0.2) is 13.2 Å². The number of nitrogens with one attached hydrogen (secondary N) is 2.